The van der Waals surface area contributed by atoms with Gasteiger partial charge in [0.15, 0.2) is 0 Å². The minimum Gasteiger partial charge on any atom is -0.358 e. The molecule has 2 N–H and O–H groups in total. The first-order valence-corrected chi connectivity index (χ1v) is 6.20. The Morgan fingerprint density at radius 2 is 1.94 bits per heavy atom. The van der Waals surface area contributed by atoms with Crippen molar-refractivity contribution in [3.8, 4) is 0 Å². The number of amides is 1. The van der Waals surface area contributed by atoms with Crippen LogP contribution in [0.2, 0.25) is 0 Å². The van der Waals surface area contributed by atoms with Gasteiger partial charge in [0.05, 0.1) is 0 Å². The van der Waals surface area contributed by atoms with Crippen LogP contribution in [0.15, 0.2) is 24.3 Å². The van der Waals surface area contributed by atoms with E-state index in [1.54, 1.807) is 0 Å². The van der Waals surface area contributed by atoms with E-state index in [-0.39, 0.29) is 5.91 Å². The molecular weight excluding hydrogens is 212 g/mol. The summed E-state index contributed by atoms with van der Waals surface area (Å²) in [6, 6.07) is 8.40. The Bertz CT molecular complexity index is 556. The molecule has 3 nitrogen and oxygen atoms in total. The molecule has 0 bridgehead atoms. The van der Waals surface area contributed by atoms with E-state index in [1.165, 1.54) is 22.2 Å². The standard InChI is InChI=1S/C14H16N2O/c17-14-7-3-6-13-11(8-9-15-14)10-4-1-2-5-12(10)16-13/h1-2,4-5,16H,3,6-9H2,(H,15,17). The van der Waals surface area contributed by atoms with Crippen LogP contribution in [0.3, 0.4) is 0 Å². The number of hydrogen-bond acceptors (Lipinski definition) is 1. The summed E-state index contributed by atoms with van der Waals surface area (Å²) in [6.45, 7) is 0.744. The number of aromatic nitrogens is 1. The highest BCUT2D eigenvalue weighted by molar-refractivity contribution is 5.85. The summed E-state index contributed by atoms with van der Waals surface area (Å²) in [4.78, 5) is 14.9. The average molecular weight is 228 g/mol. The van der Waals surface area contributed by atoms with Gasteiger partial charge in [-0.1, -0.05) is 18.2 Å². The predicted octanol–water partition coefficient (Wildman–Crippen LogP) is 2.16. The van der Waals surface area contributed by atoms with Gasteiger partial charge in [-0.25, -0.2) is 0 Å². The molecule has 3 rings (SSSR count). The number of aryl methyl sites for hydroxylation is 1. The minimum absolute atomic E-state index is 0.180. The Labute approximate surface area is 100 Å². The van der Waals surface area contributed by atoms with E-state index in [9.17, 15) is 4.79 Å². The minimum atomic E-state index is 0.180. The van der Waals surface area contributed by atoms with Crippen LogP contribution in [0.1, 0.15) is 24.1 Å². The van der Waals surface area contributed by atoms with Crippen LogP contribution in [0.4, 0.5) is 0 Å². The van der Waals surface area contributed by atoms with Crippen LogP contribution in [-0.2, 0) is 17.6 Å². The molecule has 0 atom stereocenters. The number of nitrogens with one attached hydrogen (secondary N) is 2. The summed E-state index contributed by atoms with van der Waals surface area (Å²) in [5.41, 5.74) is 3.90. The van der Waals surface area contributed by atoms with Crippen LogP contribution < -0.4 is 5.32 Å². The van der Waals surface area contributed by atoms with Crippen molar-refractivity contribution in [3.05, 3.63) is 35.5 Å². The Hall–Kier alpha value is -1.77. The largest absolute Gasteiger partial charge is 0.358 e. The number of fused-ring (bicyclic) bond motifs is 3. The average Bonchev–Trinajstić information content (AvgIpc) is 2.70. The Morgan fingerprint density at radius 3 is 2.88 bits per heavy atom. The third-order valence-corrected chi connectivity index (χ3v) is 3.43. The molecule has 0 radical (unpaired) electrons. The first-order valence-electron chi connectivity index (χ1n) is 6.20. The van der Waals surface area contributed by atoms with E-state index in [0.29, 0.717) is 6.42 Å². The van der Waals surface area contributed by atoms with Gasteiger partial charge in [-0.3, -0.25) is 4.79 Å². The van der Waals surface area contributed by atoms with Crippen LogP contribution >= 0.6 is 0 Å². The lowest BCUT2D eigenvalue weighted by Gasteiger charge is -2.02. The zero-order valence-corrected chi connectivity index (χ0v) is 9.75. The lowest BCUT2D eigenvalue weighted by molar-refractivity contribution is -0.121. The molecule has 0 spiro atoms. The van der Waals surface area contributed by atoms with Gasteiger partial charge in [-0.2, -0.15) is 0 Å². The smallest absolute Gasteiger partial charge is 0.220 e. The fourth-order valence-corrected chi connectivity index (χ4v) is 2.60. The maximum Gasteiger partial charge on any atom is 0.220 e. The van der Waals surface area contributed by atoms with Crippen molar-refractivity contribution in [2.45, 2.75) is 25.7 Å². The summed E-state index contributed by atoms with van der Waals surface area (Å²) >= 11 is 0. The number of carbonyl (C=O) groups is 1. The molecule has 88 valence electrons. The molecule has 0 fully saturated rings. The topological polar surface area (TPSA) is 44.9 Å². The highest BCUT2D eigenvalue weighted by atomic mass is 16.1. The van der Waals surface area contributed by atoms with Gasteiger partial charge in [0.25, 0.3) is 0 Å². The predicted molar refractivity (Wildman–Crippen MR) is 68.0 cm³/mol. The van der Waals surface area contributed by atoms with Crippen molar-refractivity contribution in [2.24, 2.45) is 0 Å². The van der Waals surface area contributed by atoms with Crippen molar-refractivity contribution >= 4 is 16.8 Å². The summed E-state index contributed by atoms with van der Waals surface area (Å²) in [7, 11) is 0. The van der Waals surface area contributed by atoms with E-state index in [2.05, 4.69) is 34.6 Å². The summed E-state index contributed by atoms with van der Waals surface area (Å²) in [5.74, 6) is 0.180. The number of hydrogen-bond donors (Lipinski definition) is 2. The fourth-order valence-electron chi connectivity index (χ4n) is 2.60. The molecule has 2 heterocycles. The monoisotopic (exact) mass is 228 g/mol. The Balaban J connectivity index is 2.03. The maximum absolute atomic E-state index is 11.4. The van der Waals surface area contributed by atoms with Gasteiger partial charge < -0.3 is 10.3 Å². The van der Waals surface area contributed by atoms with Gasteiger partial charge in [0.1, 0.15) is 0 Å². The zero-order valence-electron chi connectivity index (χ0n) is 9.75. The SMILES string of the molecule is O=C1CCCc2[nH]c3ccccc3c2CCN1. The van der Waals surface area contributed by atoms with Crippen LogP contribution in [0.25, 0.3) is 10.9 Å². The van der Waals surface area contributed by atoms with E-state index < -0.39 is 0 Å². The first kappa shape index (κ1) is 10.4. The van der Waals surface area contributed by atoms with E-state index >= 15 is 0 Å². The fraction of sp³-hybridized carbons (Fsp3) is 0.357. The highest BCUT2D eigenvalue weighted by Gasteiger charge is 2.13. The molecule has 0 aliphatic carbocycles. The second kappa shape index (κ2) is 4.24. The molecular formula is C14H16N2O. The molecule has 1 aliphatic rings. The van der Waals surface area contributed by atoms with Crippen LogP contribution in [0.5, 0.6) is 0 Å². The second-order valence-corrected chi connectivity index (χ2v) is 4.58. The molecule has 0 unspecified atom stereocenters. The maximum atomic E-state index is 11.4. The third-order valence-electron chi connectivity index (χ3n) is 3.43. The van der Waals surface area contributed by atoms with E-state index in [0.717, 1.165) is 25.8 Å². The van der Waals surface area contributed by atoms with Crippen molar-refractivity contribution in [1.82, 2.24) is 10.3 Å². The number of carbonyl (C=O) groups excluding carboxylic acids is 1. The number of para-hydroxylation sites is 1. The number of benzene rings is 1. The lowest BCUT2D eigenvalue weighted by atomic mass is 10.0. The Kier molecular flexibility index (Phi) is 2.59. The van der Waals surface area contributed by atoms with E-state index in [4.69, 9.17) is 0 Å². The number of rotatable bonds is 0. The molecule has 1 aromatic carbocycles. The van der Waals surface area contributed by atoms with Gasteiger partial charge >= 0.3 is 0 Å². The van der Waals surface area contributed by atoms with Gasteiger partial charge in [0, 0.05) is 29.6 Å². The molecule has 1 aromatic heterocycles. The van der Waals surface area contributed by atoms with Crippen molar-refractivity contribution in [1.29, 1.82) is 0 Å². The Morgan fingerprint density at radius 1 is 1.06 bits per heavy atom. The van der Waals surface area contributed by atoms with Crippen LogP contribution in [0, 0.1) is 0 Å². The number of H-pyrrole nitrogens is 1. The molecule has 17 heavy (non-hydrogen) atoms. The molecule has 2 aromatic rings. The van der Waals surface area contributed by atoms with Gasteiger partial charge in [0.2, 0.25) is 5.91 Å². The molecule has 1 aliphatic heterocycles. The number of aromatic amines is 1. The van der Waals surface area contributed by atoms with Crippen molar-refractivity contribution in [3.63, 3.8) is 0 Å². The lowest BCUT2D eigenvalue weighted by Crippen LogP contribution is -2.24. The van der Waals surface area contributed by atoms with Gasteiger partial charge in [-0.05, 0) is 30.9 Å². The molecule has 0 saturated carbocycles. The third kappa shape index (κ3) is 1.93. The van der Waals surface area contributed by atoms with Crippen LogP contribution in [-0.4, -0.2) is 17.4 Å². The molecule has 3 heteroatoms. The second-order valence-electron chi connectivity index (χ2n) is 4.58. The summed E-state index contributed by atoms with van der Waals surface area (Å²) < 4.78 is 0. The van der Waals surface area contributed by atoms with E-state index in [1.807, 2.05) is 0 Å². The summed E-state index contributed by atoms with van der Waals surface area (Å²) in [6.07, 6.45) is 3.45. The normalized spacial score (nSPS) is 16.8. The van der Waals surface area contributed by atoms with Crippen molar-refractivity contribution < 1.29 is 4.79 Å². The quantitative estimate of drug-likeness (QED) is 0.713. The van der Waals surface area contributed by atoms with Gasteiger partial charge in [-0.15, -0.1) is 0 Å². The summed E-state index contributed by atoms with van der Waals surface area (Å²) in [5, 5.41) is 4.27. The highest BCUT2D eigenvalue weighted by Crippen LogP contribution is 2.24. The van der Waals surface area contributed by atoms with Crippen molar-refractivity contribution in [2.75, 3.05) is 6.54 Å². The molecule has 0 saturated heterocycles. The zero-order chi connectivity index (χ0) is 11.7. The first-order chi connectivity index (χ1) is 8.34. The molecule has 1 amide bonds.